The largest absolute Gasteiger partial charge is 0.463 e. The van der Waals surface area contributed by atoms with Crippen molar-refractivity contribution in [3.63, 3.8) is 0 Å². The summed E-state index contributed by atoms with van der Waals surface area (Å²) in [7, 11) is 0. The topological polar surface area (TPSA) is 85.7 Å². The lowest BCUT2D eigenvalue weighted by Crippen LogP contribution is -2.07. The lowest BCUT2D eigenvalue weighted by atomic mass is 10.1. The molecule has 0 amide bonds. The zero-order valence-electron chi connectivity index (χ0n) is 12.2. The second-order valence-corrected chi connectivity index (χ2v) is 4.97. The zero-order valence-corrected chi connectivity index (χ0v) is 12.2. The van der Waals surface area contributed by atoms with Crippen LogP contribution >= 0.6 is 0 Å². The Balaban J connectivity index is 2.10. The lowest BCUT2D eigenvalue weighted by molar-refractivity contribution is -0.384. The van der Waals surface area contributed by atoms with Gasteiger partial charge < -0.3 is 4.42 Å². The van der Waals surface area contributed by atoms with Crippen LogP contribution in [0.1, 0.15) is 11.1 Å². The van der Waals surface area contributed by atoms with E-state index in [4.69, 9.17) is 4.42 Å². The van der Waals surface area contributed by atoms with Gasteiger partial charge in [-0.25, -0.2) is 4.99 Å². The van der Waals surface area contributed by atoms with Gasteiger partial charge in [0.2, 0.25) is 5.43 Å². The van der Waals surface area contributed by atoms with Gasteiger partial charge in [0.15, 0.2) is 0 Å². The molecule has 0 spiro atoms. The minimum atomic E-state index is -0.497. The number of aliphatic imine (C=N–C) groups is 1. The van der Waals surface area contributed by atoms with Crippen molar-refractivity contribution >= 4 is 28.6 Å². The predicted octanol–water partition coefficient (Wildman–Crippen LogP) is 3.76. The number of fused-ring (bicyclic) bond motifs is 1. The lowest BCUT2D eigenvalue weighted by Gasteiger charge is -2.01. The van der Waals surface area contributed by atoms with Crippen molar-refractivity contribution < 1.29 is 9.34 Å². The fourth-order valence-electron chi connectivity index (χ4n) is 2.27. The first-order valence-electron chi connectivity index (χ1n) is 6.86. The van der Waals surface area contributed by atoms with E-state index in [9.17, 15) is 14.9 Å². The maximum atomic E-state index is 12.4. The summed E-state index contributed by atoms with van der Waals surface area (Å²) in [5.41, 5.74) is 1.27. The Hall–Kier alpha value is -3.28. The highest BCUT2D eigenvalue weighted by molar-refractivity contribution is 5.88. The van der Waals surface area contributed by atoms with Gasteiger partial charge in [0.25, 0.3) is 5.69 Å². The summed E-state index contributed by atoms with van der Waals surface area (Å²) in [6, 6.07) is 11.6. The Morgan fingerprint density at radius 3 is 2.74 bits per heavy atom. The van der Waals surface area contributed by atoms with Gasteiger partial charge in [0.05, 0.1) is 15.9 Å². The van der Waals surface area contributed by atoms with Crippen molar-refractivity contribution in [2.75, 3.05) is 0 Å². The molecule has 0 fully saturated rings. The third-order valence-electron chi connectivity index (χ3n) is 3.45. The second kappa shape index (κ2) is 5.84. The van der Waals surface area contributed by atoms with E-state index in [0.29, 0.717) is 16.5 Å². The van der Waals surface area contributed by atoms with Gasteiger partial charge in [0.1, 0.15) is 17.5 Å². The summed E-state index contributed by atoms with van der Waals surface area (Å²) in [4.78, 5) is 27.1. The van der Waals surface area contributed by atoms with Gasteiger partial charge in [-0.05, 0) is 24.6 Å². The van der Waals surface area contributed by atoms with Crippen LogP contribution in [-0.2, 0) is 0 Å². The molecule has 0 atom stereocenters. The first-order valence-corrected chi connectivity index (χ1v) is 6.86. The third-order valence-corrected chi connectivity index (χ3v) is 3.45. The summed E-state index contributed by atoms with van der Waals surface area (Å²) in [6.45, 7) is 1.72. The normalized spacial score (nSPS) is 11.2. The maximum absolute atomic E-state index is 12.4. The molecule has 2 aromatic carbocycles. The fourth-order valence-corrected chi connectivity index (χ4v) is 2.27. The molecule has 6 heteroatoms. The Kier molecular flexibility index (Phi) is 3.72. The number of para-hydroxylation sites is 2. The summed E-state index contributed by atoms with van der Waals surface area (Å²) >= 11 is 0. The van der Waals surface area contributed by atoms with E-state index >= 15 is 0 Å². The highest BCUT2D eigenvalue weighted by atomic mass is 16.6. The first-order chi connectivity index (χ1) is 11.1. The summed E-state index contributed by atoms with van der Waals surface area (Å²) < 4.78 is 5.39. The van der Waals surface area contributed by atoms with Crippen molar-refractivity contribution in [3.8, 4) is 0 Å². The molecule has 0 aliphatic rings. The van der Waals surface area contributed by atoms with Gasteiger partial charge >= 0.3 is 0 Å². The minimum Gasteiger partial charge on any atom is -0.463 e. The van der Waals surface area contributed by atoms with Crippen LogP contribution in [0, 0.1) is 17.0 Å². The quantitative estimate of drug-likeness (QED) is 0.419. The van der Waals surface area contributed by atoms with Gasteiger partial charge in [-0.2, -0.15) is 0 Å². The molecule has 0 bridgehead atoms. The molecule has 6 nitrogen and oxygen atoms in total. The third kappa shape index (κ3) is 2.74. The van der Waals surface area contributed by atoms with Crippen LogP contribution < -0.4 is 5.43 Å². The predicted molar refractivity (Wildman–Crippen MR) is 87.6 cm³/mol. The van der Waals surface area contributed by atoms with Crippen LogP contribution in [0.25, 0.3) is 11.0 Å². The molecule has 0 saturated heterocycles. The van der Waals surface area contributed by atoms with Crippen LogP contribution in [0.15, 0.2) is 62.9 Å². The number of nitrogens with zero attached hydrogens (tertiary/aromatic N) is 2. The van der Waals surface area contributed by atoms with E-state index in [1.54, 1.807) is 43.3 Å². The highest BCUT2D eigenvalue weighted by Crippen LogP contribution is 2.30. The van der Waals surface area contributed by atoms with E-state index < -0.39 is 4.92 Å². The van der Waals surface area contributed by atoms with E-state index in [1.807, 2.05) is 0 Å². The van der Waals surface area contributed by atoms with E-state index in [1.165, 1.54) is 18.5 Å². The number of rotatable bonds is 3. The molecule has 0 N–H and O–H groups in total. The van der Waals surface area contributed by atoms with Gasteiger partial charge in [-0.1, -0.05) is 24.3 Å². The summed E-state index contributed by atoms with van der Waals surface area (Å²) in [5.74, 6) is 0. The molecule has 3 aromatic rings. The van der Waals surface area contributed by atoms with Crippen molar-refractivity contribution in [1.29, 1.82) is 0 Å². The van der Waals surface area contributed by atoms with Crippen molar-refractivity contribution in [2.45, 2.75) is 6.92 Å². The molecular weight excluding hydrogens is 296 g/mol. The molecule has 1 heterocycles. The molecule has 1 aromatic heterocycles. The Bertz CT molecular complexity index is 989. The van der Waals surface area contributed by atoms with Crippen molar-refractivity contribution in [1.82, 2.24) is 0 Å². The number of aryl methyl sites for hydroxylation is 1. The zero-order chi connectivity index (χ0) is 16.4. The first kappa shape index (κ1) is 14.6. The smallest absolute Gasteiger partial charge is 0.295 e. The number of nitro benzene ring substituents is 1. The minimum absolute atomic E-state index is 0.105. The van der Waals surface area contributed by atoms with Crippen LogP contribution in [0.3, 0.4) is 0 Å². The van der Waals surface area contributed by atoms with Crippen molar-refractivity contribution in [3.05, 3.63) is 80.2 Å². The fraction of sp³-hybridized carbons (Fsp3) is 0.0588. The van der Waals surface area contributed by atoms with Gasteiger partial charge in [-0.15, -0.1) is 0 Å². The van der Waals surface area contributed by atoms with Gasteiger partial charge in [0, 0.05) is 12.3 Å². The maximum Gasteiger partial charge on any atom is 0.295 e. The molecule has 3 rings (SSSR count). The summed E-state index contributed by atoms with van der Waals surface area (Å²) in [6.07, 6.45) is 2.60. The highest BCUT2D eigenvalue weighted by Gasteiger charge is 2.14. The number of nitro groups is 1. The van der Waals surface area contributed by atoms with E-state index in [2.05, 4.69) is 4.99 Å². The molecule has 0 saturated carbocycles. The number of hydrogen-bond acceptors (Lipinski definition) is 5. The molecular formula is C17H12N2O4. The van der Waals surface area contributed by atoms with Crippen LogP contribution in [0.4, 0.5) is 11.4 Å². The number of benzene rings is 2. The molecule has 114 valence electrons. The van der Waals surface area contributed by atoms with Crippen LogP contribution in [-0.4, -0.2) is 11.1 Å². The molecule has 0 unspecified atom stereocenters. The second-order valence-electron chi connectivity index (χ2n) is 4.97. The average Bonchev–Trinajstić information content (AvgIpc) is 2.55. The van der Waals surface area contributed by atoms with Crippen LogP contribution in [0.5, 0.6) is 0 Å². The Morgan fingerprint density at radius 2 is 1.96 bits per heavy atom. The van der Waals surface area contributed by atoms with Crippen molar-refractivity contribution in [2.24, 2.45) is 4.99 Å². The van der Waals surface area contributed by atoms with E-state index in [0.717, 1.165) is 0 Å². The molecule has 23 heavy (non-hydrogen) atoms. The SMILES string of the molecule is Cc1cccc([N+](=O)[O-])c1N=Cc1coc2ccccc2c1=O. The summed E-state index contributed by atoms with van der Waals surface area (Å²) in [5, 5.41) is 11.5. The molecule has 0 aliphatic heterocycles. The van der Waals surface area contributed by atoms with Gasteiger partial charge in [-0.3, -0.25) is 14.9 Å². The molecule has 0 aliphatic carbocycles. The Morgan fingerprint density at radius 1 is 1.17 bits per heavy atom. The number of hydrogen-bond donors (Lipinski definition) is 0. The molecule has 0 radical (unpaired) electrons. The Labute approximate surface area is 130 Å². The standard InChI is InChI=1S/C17H12N2O4/c1-11-5-4-7-14(19(21)22)16(11)18-9-12-10-23-15-8-3-2-6-13(15)17(12)20/h2-10H,1H3. The monoisotopic (exact) mass is 308 g/mol. The van der Waals surface area contributed by atoms with Crippen LogP contribution in [0.2, 0.25) is 0 Å². The van der Waals surface area contributed by atoms with E-state index in [-0.39, 0.29) is 22.4 Å². The average molecular weight is 308 g/mol.